The minimum atomic E-state index is -0.255. The van der Waals surface area contributed by atoms with Crippen molar-refractivity contribution in [3.8, 4) is 5.75 Å². The van der Waals surface area contributed by atoms with Gasteiger partial charge in [-0.2, -0.15) is 0 Å². The van der Waals surface area contributed by atoms with E-state index < -0.39 is 0 Å². The highest BCUT2D eigenvalue weighted by atomic mass is 16.5. The average Bonchev–Trinajstić information content (AvgIpc) is 2.53. The van der Waals surface area contributed by atoms with Gasteiger partial charge in [-0.3, -0.25) is 4.79 Å². The van der Waals surface area contributed by atoms with Gasteiger partial charge in [0.25, 0.3) is 0 Å². The summed E-state index contributed by atoms with van der Waals surface area (Å²) in [4.78, 5) is 12.0. The van der Waals surface area contributed by atoms with Crippen LogP contribution in [0.3, 0.4) is 0 Å². The van der Waals surface area contributed by atoms with Crippen LogP contribution in [-0.4, -0.2) is 13.1 Å². The van der Waals surface area contributed by atoms with Crippen molar-refractivity contribution in [1.82, 2.24) is 0 Å². The molecule has 3 heteroatoms. The molecule has 1 atom stereocenters. The minimum Gasteiger partial charge on any atom is -0.497 e. The van der Waals surface area contributed by atoms with Gasteiger partial charge in [0.1, 0.15) is 12.4 Å². The lowest BCUT2D eigenvalue weighted by molar-refractivity contribution is -0.146. The van der Waals surface area contributed by atoms with Crippen molar-refractivity contribution in [3.63, 3.8) is 0 Å². The van der Waals surface area contributed by atoms with E-state index in [-0.39, 0.29) is 18.5 Å². The third-order valence-electron chi connectivity index (χ3n) is 3.19. The number of ether oxygens (including phenoxy) is 2. The molecule has 0 amide bonds. The number of carbonyl (C=O) groups excluding carboxylic acids is 1. The monoisotopic (exact) mass is 270 g/mol. The molecule has 2 rings (SSSR count). The quantitative estimate of drug-likeness (QED) is 0.779. The van der Waals surface area contributed by atoms with Crippen molar-refractivity contribution in [1.29, 1.82) is 0 Å². The number of benzene rings is 2. The molecule has 104 valence electrons. The molecule has 0 heterocycles. The van der Waals surface area contributed by atoms with Crippen LogP contribution in [0.4, 0.5) is 0 Å². The Bertz CT molecular complexity index is 546. The summed E-state index contributed by atoms with van der Waals surface area (Å²) in [6.45, 7) is 2.13. The normalized spacial score (nSPS) is 11.7. The second-order valence-corrected chi connectivity index (χ2v) is 4.59. The zero-order chi connectivity index (χ0) is 14.4. The molecule has 3 nitrogen and oxygen atoms in total. The largest absolute Gasteiger partial charge is 0.497 e. The Kier molecular flexibility index (Phi) is 4.77. The zero-order valence-electron chi connectivity index (χ0n) is 11.7. The van der Waals surface area contributed by atoms with Crippen LogP contribution >= 0.6 is 0 Å². The summed E-state index contributed by atoms with van der Waals surface area (Å²) in [5, 5.41) is 0. The molecule has 0 radical (unpaired) electrons. The van der Waals surface area contributed by atoms with Crippen molar-refractivity contribution in [2.45, 2.75) is 19.4 Å². The standard InChI is InChI=1S/C17H18O3/c1-13(15-6-4-3-5-7-15)17(18)20-12-14-8-10-16(19-2)11-9-14/h3-11,13H,12H2,1-2H3/t13-/m0/s1. The Morgan fingerprint density at radius 2 is 1.70 bits per heavy atom. The van der Waals surface area contributed by atoms with Crippen LogP contribution in [-0.2, 0) is 16.1 Å². The third-order valence-corrected chi connectivity index (χ3v) is 3.19. The van der Waals surface area contributed by atoms with Gasteiger partial charge in [-0.05, 0) is 30.2 Å². The van der Waals surface area contributed by atoms with Crippen molar-refractivity contribution >= 4 is 5.97 Å². The van der Waals surface area contributed by atoms with E-state index in [1.807, 2.05) is 61.5 Å². The molecule has 0 bridgehead atoms. The molecule has 0 aliphatic rings. The molecule has 0 fully saturated rings. The number of esters is 1. The van der Waals surface area contributed by atoms with E-state index in [9.17, 15) is 4.79 Å². The highest BCUT2D eigenvalue weighted by Gasteiger charge is 2.16. The van der Waals surface area contributed by atoms with Crippen LogP contribution in [0.5, 0.6) is 5.75 Å². The predicted octanol–water partition coefficient (Wildman–Crippen LogP) is 3.54. The number of hydrogen-bond donors (Lipinski definition) is 0. The van der Waals surface area contributed by atoms with E-state index in [4.69, 9.17) is 9.47 Å². The summed E-state index contributed by atoms with van der Waals surface area (Å²) in [6, 6.07) is 17.1. The highest BCUT2D eigenvalue weighted by Crippen LogP contribution is 2.18. The molecular weight excluding hydrogens is 252 g/mol. The fourth-order valence-corrected chi connectivity index (χ4v) is 1.88. The summed E-state index contributed by atoms with van der Waals surface area (Å²) in [6.07, 6.45) is 0. The first-order valence-electron chi connectivity index (χ1n) is 6.55. The molecule has 0 spiro atoms. The van der Waals surface area contributed by atoms with E-state index in [0.717, 1.165) is 16.9 Å². The first kappa shape index (κ1) is 14.1. The molecule has 0 aliphatic heterocycles. The maximum absolute atomic E-state index is 12.0. The van der Waals surface area contributed by atoms with Crippen LogP contribution in [0.2, 0.25) is 0 Å². The molecule has 0 saturated heterocycles. The fraction of sp³-hybridized carbons (Fsp3) is 0.235. The number of carbonyl (C=O) groups is 1. The molecule has 0 aromatic heterocycles. The van der Waals surface area contributed by atoms with E-state index >= 15 is 0 Å². The van der Waals surface area contributed by atoms with Gasteiger partial charge in [-0.1, -0.05) is 42.5 Å². The maximum atomic E-state index is 12.0. The Morgan fingerprint density at radius 3 is 2.30 bits per heavy atom. The van der Waals surface area contributed by atoms with Gasteiger partial charge in [-0.15, -0.1) is 0 Å². The van der Waals surface area contributed by atoms with Gasteiger partial charge in [-0.25, -0.2) is 0 Å². The van der Waals surface area contributed by atoms with Crippen molar-refractivity contribution < 1.29 is 14.3 Å². The summed E-state index contributed by atoms with van der Waals surface area (Å²) in [5.74, 6) is 0.319. The van der Waals surface area contributed by atoms with Gasteiger partial charge < -0.3 is 9.47 Å². The molecule has 2 aromatic rings. The smallest absolute Gasteiger partial charge is 0.313 e. The third kappa shape index (κ3) is 3.60. The second-order valence-electron chi connectivity index (χ2n) is 4.59. The van der Waals surface area contributed by atoms with E-state index in [1.54, 1.807) is 7.11 Å². The number of methoxy groups -OCH3 is 1. The van der Waals surface area contributed by atoms with Gasteiger partial charge in [0.15, 0.2) is 0 Å². The van der Waals surface area contributed by atoms with Crippen molar-refractivity contribution in [2.75, 3.05) is 7.11 Å². The lowest BCUT2D eigenvalue weighted by Crippen LogP contribution is -2.13. The topological polar surface area (TPSA) is 35.5 Å². The Balaban J connectivity index is 1.91. The Hall–Kier alpha value is -2.29. The van der Waals surface area contributed by atoms with Gasteiger partial charge >= 0.3 is 5.97 Å². The molecule has 0 unspecified atom stereocenters. The summed E-state index contributed by atoms with van der Waals surface area (Å²) in [5.41, 5.74) is 1.91. The van der Waals surface area contributed by atoms with Crippen molar-refractivity contribution in [3.05, 3.63) is 65.7 Å². The zero-order valence-corrected chi connectivity index (χ0v) is 11.7. The summed E-state index contributed by atoms with van der Waals surface area (Å²) >= 11 is 0. The SMILES string of the molecule is COc1ccc(COC(=O)[C@@H](C)c2ccccc2)cc1. The molecule has 0 saturated carbocycles. The second kappa shape index (κ2) is 6.75. The molecule has 2 aromatic carbocycles. The maximum Gasteiger partial charge on any atom is 0.313 e. The lowest BCUT2D eigenvalue weighted by atomic mass is 10.0. The minimum absolute atomic E-state index is 0.216. The van der Waals surface area contributed by atoms with Crippen LogP contribution in [0.15, 0.2) is 54.6 Å². The summed E-state index contributed by atoms with van der Waals surface area (Å²) < 4.78 is 10.4. The first-order valence-corrected chi connectivity index (χ1v) is 6.55. The van der Waals surface area contributed by atoms with Crippen molar-refractivity contribution in [2.24, 2.45) is 0 Å². The Morgan fingerprint density at radius 1 is 1.05 bits per heavy atom. The van der Waals surface area contributed by atoms with Gasteiger partial charge in [0.2, 0.25) is 0 Å². The molecule has 20 heavy (non-hydrogen) atoms. The van der Waals surface area contributed by atoms with Crippen LogP contribution in [0.25, 0.3) is 0 Å². The summed E-state index contributed by atoms with van der Waals surface area (Å²) in [7, 11) is 1.62. The number of hydrogen-bond acceptors (Lipinski definition) is 3. The van der Waals surface area contributed by atoms with Crippen LogP contribution < -0.4 is 4.74 Å². The van der Waals surface area contributed by atoms with Gasteiger partial charge in [0.05, 0.1) is 13.0 Å². The first-order chi connectivity index (χ1) is 9.70. The lowest BCUT2D eigenvalue weighted by Gasteiger charge is -2.12. The van der Waals surface area contributed by atoms with E-state index in [2.05, 4.69) is 0 Å². The Labute approximate surface area is 119 Å². The van der Waals surface area contributed by atoms with Crippen LogP contribution in [0.1, 0.15) is 24.0 Å². The highest BCUT2D eigenvalue weighted by molar-refractivity contribution is 5.77. The number of rotatable bonds is 5. The molecule has 0 N–H and O–H groups in total. The fourth-order valence-electron chi connectivity index (χ4n) is 1.88. The molecule has 0 aliphatic carbocycles. The molecular formula is C17H18O3. The van der Waals surface area contributed by atoms with E-state index in [0.29, 0.717) is 0 Å². The average molecular weight is 270 g/mol. The predicted molar refractivity (Wildman–Crippen MR) is 77.6 cm³/mol. The van der Waals surface area contributed by atoms with E-state index in [1.165, 1.54) is 0 Å². The van der Waals surface area contributed by atoms with Crippen LogP contribution in [0, 0.1) is 0 Å². The van der Waals surface area contributed by atoms with Gasteiger partial charge in [0, 0.05) is 0 Å².